The van der Waals surface area contributed by atoms with E-state index in [0.29, 0.717) is 32.5 Å². The Balaban J connectivity index is 4.31. The van der Waals surface area contributed by atoms with E-state index < -0.39 is 10.0 Å². The van der Waals surface area contributed by atoms with Crippen LogP contribution in [0.2, 0.25) is 0 Å². The largest absolute Gasteiger partial charge is 0.466 e. The monoisotopic (exact) mass is 461 g/mol. The van der Waals surface area contributed by atoms with Crippen molar-refractivity contribution in [2.45, 2.75) is 130 Å². The van der Waals surface area contributed by atoms with E-state index in [4.69, 9.17) is 4.74 Å². The molecule has 0 radical (unpaired) electrons. The predicted molar refractivity (Wildman–Crippen MR) is 132 cm³/mol. The van der Waals surface area contributed by atoms with E-state index in [-0.39, 0.29) is 11.7 Å². The Bertz CT molecular complexity index is 492. The molecule has 6 heteroatoms. The second kappa shape index (κ2) is 21.2. The summed E-state index contributed by atoms with van der Waals surface area (Å²) in [5.74, 6) is 0.0807. The lowest BCUT2D eigenvalue weighted by Gasteiger charge is -2.22. The van der Waals surface area contributed by atoms with Crippen molar-refractivity contribution in [2.75, 3.05) is 25.4 Å². The van der Waals surface area contributed by atoms with E-state index in [1.165, 1.54) is 51.4 Å². The molecule has 0 aromatic carbocycles. The highest BCUT2D eigenvalue weighted by atomic mass is 32.2. The number of esters is 1. The number of unbranched alkanes of at least 4 members (excludes halogenated alkanes) is 13. The van der Waals surface area contributed by atoms with Crippen LogP contribution in [0.1, 0.15) is 130 Å². The lowest BCUT2D eigenvalue weighted by atomic mass is 10.1. The van der Waals surface area contributed by atoms with Crippen molar-refractivity contribution in [2.24, 2.45) is 0 Å². The first-order chi connectivity index (χ1) is 15.0. The van der Waals surface area contributed by atoms with Gasteiger partial charge in [-0.1, -0.05) is 90.9 Å². The standard InChI is InChI=1S/C25H51NO4S/c1-4-7-9-11-14-18-22-26(23-19-15-12-10-8-5-2)31(28,29)24-20-16-13-17-21-25(27)30-6-3/h4-24H2,1-3H3. The van der Waals surface area contributed by atoms with Gasteiger partial charge in [0.2, 0.25) is 10.0 Å². The van der Waals surface area contributed by atoms with Crippen molar-refractivity contribution in [3.05, 3.63) is 0 Å². The fourth-order valence-corrected chi connectivity index (χ4v) is 5.44. The molecule has 31 heavy (non-hydrogen) atoms. The van der Waals surface area contributed by atoms with Crippen LogP contribution in [-0.4, -0.2) is 44.1 Å². The molecule has 0 amide bonds. The minimum atomic E-state index is -3.19. The molecule has 0 heterocycles. The zero-order chi connectivity index (χ0) is 23.2. The molecule has 0 unspecified atom stereocenters. The molecule has 0 N–H and O–H groups in total. The Labute approximate surface area is 193 Å². The smallest absolute Gasteiger partial charge is 0.305 e. The van der Waals surface area contributed by atoms with Gasteiger partial charge in [-0.25, -0.2) is 12.7 Å². The van der Waals surface area contributed by atoms with Crippen molar-refractivity contribution in [1.82, 2.24) is 4.31 Å². The minimum Gasteiger partial charge on any atom is -0.466 e. The first-order valence-corrected chi connectivity index (χ1v) is 14.7. The van der Waals surface area contributed by atoms with Gasteiger partial charge < -0.3 is 4.74 Å². The van der Waals surface area contributed by atoms with Crippen LogP contribution < -0.4 is 0 Å². The average molecular weight is 462 g/mol. The van der Waals surface area contributed by atoms with Crippen molar-refractivity contribution < 1.29 is 17.9 Å². The highest BCUT2D eigenvalue weighted by Gasteiger charge is 2.20. The van der Waals surface area contributed by atoms with Crippen LogP contribution in [0, 0.1) is 0 Å². The Kier molecular flexibility index (Phi) is 20.8. The number of carbonyl (C=O) groups is 1. The van der Waals surface area contributed by atoms with Crippen LogP contribution >= 0.6 is 0 Å². The summed E-state index contributed by atoms with van der Waals surface area (Å²) in [5.41, 5.74) is 0. The van der Waals surface area contributed by atoms with Crippen molar-refractivity contribution in [3.8, 4) is 0 Å². The van der Waals surface area contributed by atoms with Gasteiger partial charge >= 0.3 is 5.97 Å². The summed E-state index contributed by atoms with van der Waals surface area (Å²) in [5, 5.41) is 0. The van der Waals surface area contributed by atoms with Crippen LogP contribution in [0.4, 0.5) is 0 Å². The Morgan fingerprint density at radius 1 is 0.645 bits per heavy atom. The molecule has 186 valence electrons. The van der Waals surface area contributed by atoms with Gasteiger partial charge in [-0.15, -0.1) is 0 Å². The van der Waals surface area contributed by atoms with E-state index in [1.807, 2.05) is 6.92 Å². The van der Waals surface area contributed by atoms with Gasteiger partial charge in [0.05, 0.1) is 12.4 Å². The number of hydrogen-bond donors (Lipinski definition) is 0. The van der Waals surface area contributed by atoms with E-state index in [9.17, 15) is 13.2 Å². The molecular weight excluding hydrogens is 410 g/mol. The summed E-state index contributed by atoms with van der Waals surface area (Å²) in [6.45, 7) is 8.00. The predicted octanol–water partition coefficient (Wildman–Crippen LogP) is 6.85. The molecule has 0 fully saturated rings. The molecule has 0 spiro atoms. The second-order valence-corrected chi connectivity index (χ2v) is 10.8. The SMILES string of the molecule is CCCCCCCCN(CCCCCCCC)S(=O)(=O)CCCCCCC(=O)OCC. The van der Waals surface area contributed by atoms with Crippen LogP contribution in [0.3, 0.4) is 0 Å². The molecule has 0 aromatic rings. The molecule has 0 aliphatic heterocycles. The third kappa shape index (κ3) is 18.6. The van der Waals surface area contributed by atoms with Gasteiger partial charge in [-0.3, -0.25) is 4.79 Å². The third-order valence-corrected chi connectivity index (χ3v) is 7.71. The molecule has 5 nitrogen and oxygen atoms in total. The molecule has 0 aliphatic carbocycles. The van der Waals surface area contributed by atoms with Crippen LogP contribution in [-0.2, 0) is 19.6 Å². The van der Waals surface area contributed by atoms with Crippen LogP contribution in [0.25, 0.3) is 0 Å². The molecule has 0 aromatic heterocycles. The molecule has 0 bridgehead atoms. The number of rotatable bonds is 23. The van der Waals surface area contributed by atoms with E-state index >= 15 is 0 Å². The molecule has 0 saturated heterocycles. The maximum Gasteiger partial charge on any atom is 0.305 e. The zero-order valence-electron chi connectivity index (χ0n) is 20.8. The van der Waals surface area contributed by atoms with Gasteiger partial charge in [0.25, 0.3) is 0 Å². The molecular formula is C25H51NO4S. The average Bonchev–Trinajstić information content (AvgIpc) is 2.74. The maximum atomic E-state index is 12.9. The van der Waals surface area contributed by atoms with Crippen molar-refractivity contribution in [3.63, 3.8) is 0 Å². The maximum absolute atomic E-state index is 12.9. The number of ether oxygens (including phenoxy) is 1. The van der Waals surface area contributed by atoms with Gasteiger partial charge in [-0.2, -0.15) is 0 Å². The highest BCUT2D eigenvalue weighted by Crippen LogP contribution is 2.14. The van der Waals surface area contributed by atoms with Gasteiger partial charge in [-0.05, 0) is 32.6 Å². The minimum absolute atomic E-state index is 0.154. The van der Waals surface area contributed by atoms with Crippen molar-refractivity contribution in [1.29, 1.82) is 0 Å². The lowest BCUT2D eigenvalue weighted by molar-refractivity contribution is -0.143. The third-order valence-electron chi connectivity index (χ3n) is 5.75. The topological polar surface area (TPSA) is 63.7 Å². The van der Waals surface area contributed by atoms with Gasteiger partial charge in [0, 0.05) is 19.5 Å². The summed E-state index contributed by atoms with van der Waals surface area (Å²) >= 11 is 0. The van der Waals surface area contributed by atoms with Crippen molar-refractivity contribution >= 4 is 16.0 Å². The van der Waals surface area contributed by atoms with Gasteiger partial charge in [0.15, 0.2) is 0 Å². The fraction of sp³-hybridized carbons (Fsp3) is 0.960. The summed E-state index contributed by atoms with van der Waals surface area (Å²) in [6.07, 6.45) is 17.7. The van der Waals surface area contributed by atoms with Crippen LogP contribution in [0.5, 0.6) is 0 Å². The normalized spacial score (nSPS) is 11.9. The summed E-state index contributed by atoms with van der Waals surface area (Å²) in [7, 11) is -3.19. The summed E-state index contributed by atoms with van der Waals surface area (Å²) < 4.78 is 32.6. The Hall–Kier alpha value is -0.620. The summed E-state index contributed by atoms with van der Waals surface area (Å²) in [4.78, 5) is 11.4. The number of nitrogens with zero attached hydrogens (tertiary/aromatic N) is 1. The first-order valence-electron chi connectivity index (χ1n) is 13.1. The molecule has 0 atom stereocenters. The molecule has 0 rings (SSSR count). The van der Waals surface area contributed by atoms with Crippen LogP contribution in [0.15, 0.2) is 0 Å². The second-order valence-electron chi connectivity index (χ2n) is 8.72. The summed E-state index contributed by atoms with van der Waals surface area (Å²) in [6, 6.07) is 0. The first kappa shape index (κ1) is 30.4. The van der Waals surface area contributed by atoms with E-state index in [1.54, 1.807) is 4.31 Å². The highest BCUT2D eigenvalue weighted by molar-refractivity contribution is 7.89. The zero-order valence-corrected chi connectivity index (χ0v) is 21.7. The number of hydrogen-bond acceptors (Lipinski definition) is 4. The molecule has 0 aliphatic rings. The van der Waals surface area contributed by atoms with Gasteiger partial charge in [0.1, 0.15) is 0 Å². The molecule has 0 saturated carbocycles. The number of sulfonamides is 1. The Morgan fingerprint density at radius 2 is 1.10 bits per heavy atom. The number of carbonyl (C=O) groups excluding carboxylic acids is 1. The fourth-order valence-electron chi connectivity index (χ4n) is 3.80. The Morgan fingerprint density at radius 3 is 1.61 bits per heavy atom. The lowest BCUT2D eigenvalue weighted by Crippen LogP contribution is -2.35. The van der Waals surface area contributed by atoms with E-state index in [0.717, 1.165) is 44.9 Å². The quantitative estimate of drug-likeness (QED) is 0.123. The van der Waals surface area contributed by atoms with E-state index in [2.05, 4.69) is 13.8 Å².